The average Bonchev–Trinajstić information content (AvgIpc) is 3.23. The maximum atomic E-state index is 12.1. The minimum absolute atomic E-state index is 0.0359. The first kappa shape index (κ1) is 29.4. The summed E-state index contributed by atoms with van der Waals surface area (Å²) in [5, 5.41) is 23.6. The largest absolute Gasteiger partial charge is 0.396 e. The lowest BCUT2D eigenvalue weighted by Gasteiger charge is -2.13. The second-order valence-electron chi connectivity index (χ2n) is 9.30. The Labute approximate surface area is 201 Å². The molecule has 0 bridgehead atoms. The molecular weight excluding hydrogens is 416 g/mol. The van der Waals surface area contributed by atoms with Crippen molar-refractivity contribution in [2.24, 2.45) is 0 Å². The molecule has 0 aliphatic heterocycles. The Bertz CT molecular complexity index is 514. The first-order chi connectivity index (χ1) is 16.2. The van der Waals surface area contributed by atoms with Crippen LogP contribution in [0.5, 0.6) is 0 Å². The summed E-state index contributed by atoms with van der Waals surface area (Å²) in [6, 6.07) is 0.266. The fraction of sp³-hybridized carbons (Fsp3) is 0.778. The predicted molar refractivity (Wildman–Crippen MR) is 135 cm³/mol. The van der Waals surface area contributed by atoms with E-state index >= 15 is 0 Å². The van der Waals surface area contributed by atoms with Gasteiger partial charge in [0, 0.05) is 25.3 Å². The highest BCUT2D eigenvalue weighted by Gasteiger charge is 2.26. The second-order valence-corrected chi connectivity index (χ2v) is 9.30. The van der Waals surface area contributed by atoms with Gasteiger partial charge in [0.2, 0.25) is 11.8 Å². The molecule has 0 aromatic carbocycles. The molecular formula is C27H48N2O4. The minimum Gasteiger partial charge on any atom is -0.396 e. The van der Waals surface area contributed by atoms with Crippen LogP contribution >= 0.6 is 0 Å². The van der Waals surface area contributed by atoms with Gasteiger partial charge in [0.05, 0.1) is 0 Å². The first-order valence-electron chi connectivity index (χ1n) is 13.3. The van der Waals surface area contributed by atoms with E-state index in [1.54, 1.807) is 12.2 Å². The summed E-state index contributed by atoms with van der Waals surface area (Å²) < 4.78 is 0. The van der Waals surface area contributed by atoms with Crippen LogP contribution in [-0.2, 0) is 9.59 Å². The van der Waals surface area contributed by atoms with E-state index in [2.05, 4.69) is 10.6 Å². The highest BCUT2D eigenvalue weighted by Crippen LogP contribution is 2.19. The molecule has 0 heterocycles. The Morgan fingerprint density at radius 3 is 1.36 bits per heavy atom. The molecule has 6 heteroatoms. The summed E-state index contributed by atoms with van der Waals surface area (Å²) in [6.07, 6.45) is 24.9. The van der Waals surface area contributed by atoms with Crippen LogP contribution in [0.2, 0.25) is 0 Å². The molecule has 0 aromatic heterocycles. The van der Waals surface area contributed by atoms with E-state index in [1.165, 1.54) is 38.5 Å². The molecule has 1 rings (SSSR count). The molecule has 2 atom stereocenters. The predicted octanol–water partition coefficient (Wildman–Crippen LogP) is 4.70. The Hall–Kier alpha value is -1.66. The van der Waals surface area contributed by atoms with Gasteiger partial charge in [-0.3, -0.25) is 9.59 Å². The number of allylic oxidation sites excluding steroid dienone is 2. The lowest BCUT2D eigenvalue weighted by Crippen LogP contribution is -2.36. The number of carbonyl (C=O) groups is 2. The monoisotopic (exact) mass is 464 g/mol. The van der Waals surface area contributed by atoms with Gasteiger partial charge in [0.25, 0.3) is 0 Å². The molecule has 1 aliphatic rings. The van der Waals surface area contributed by atoms with Crippen LogP contribution in [-0.4, -0.2) is 47.3 Å². The number of amides is 2. The van der Waals surface area contributed by atoms with E-state index in [4.69, 9.17) is 10.2 Å². The number of hydrogen-bond acceptors (Lipinski definition) is 4. The number of hydrogen-bond donors (Lipinski definition) is 4. The van der Waals surface area contributed by atoms with Gasteiger partial charge in [-0.15, -0.1) is 0 Å². The summed E-state index contributed by atoms with van der Waals surface area (Å²) in [5.41, 5.74) is 0. The average molecular weight is 465 g/mol. The molecule has 33 heavy (non-hydrogen) atoms. The Balaban J connectivity index is 2.04. The van der Waals surface area contributed by atoms with E-state index in [0.29, 0.717) is 0 Å². The van der Waals surface area contributed by atoms with E-state index in [9.17, 15) is 9.59 Å². The van der Waals surface area contributed by atoms with Gasteiger partial charge in [-0.05, 0) is 69.9 Å². The van der Waals surface area contributed by atoms with Crippen molar-refractivity contribution in [2.75, 3.05) is 13.2 Å². The standard InChI is InChI=1S/C27H48N2O4/c30-21-15-11-7-3-1-5-9-13-17-26(32)28-24-19-20-25(23-24)29-27(33)18-14-10-6-2-4-8-12-16-22-31/h13-14,17-18,24-25,30-31H,1-12,15-16,19-23H2,(H,28,32)(H,29,33)/b17-13+,18-14+/t24-,25+. The zero-order valence-corrected chi connectivity index (χ0v) is 20.6. The Kier molecular flexibility index (Phi) is 18.6. The number of aliphatic hydroxyl groups is 2. The molecule has 0 saturated heterocycles. The van der Waals surface area contributed by atoms with Gasteiger partial charge in [0.1, 0.15) is 0 Å². The molecule has 0 spiro atoms. The van der Waals surface area contributed by atoms with E-state index in [-0.39, 0.29) is 37.1 Å². The zero-order chi connectivity index (χ0) is 24.0. The van der Waals surface area contributed by atoms with Crippen molar-refractivity contribution in [1.82, 2.24) is 10.6 Å². The highest BCUT2D eigenvalue weighted by molar-refractivity contribution is 5.88. The van der Waals surface area contributed by atoms with Crippen LogP contribution < -0.4 is 10.6 Å². The van der Waals surface area contributed by atoms with Crippen molar-refractivity contribution in [3.63, 3.8) is 0 Å². The highest BCUT2D eigenvalue weighted by atomic mass is 16.3. The van der Waals surface area contributed by atoms with Crippen LogP contribution in [0.4, 0.5) is 0 Å². The molecule has 0 radical (unpaired) electrons. The molecule has 4 N–H and O–H groups in total. The smallest absolute Gasteiger partial charge is 0.243 e. The zero-order valence-electron chi connectivity index (χ0n) is 20.6. The van der Waals surface area contributed by atoms with Crippen LogP contribution in [0.15, 0.2) is 24.3 Å². The molecule has 190 valence electrons. The van der Waals surface area contributed by atoms with Crippen molar-refractivity contribution < 1.29 is 19.8 Å². The summed E-state index contributed by atoms with van der Waals surface area (Å²) in [6.45, 7) is 0.578. The van der Waals surface area contributed by atoms with Gasteiger partial charge in [-0.25, -0.2) is 0 Å². The van der Waals surface area contributed by atoms with Crippen molar-refractivity contribution in [2.45, 2.75) is 121 Å². The molecule has 6 nitrogen and oxygen atoms in total. The third-order valence-electron chi connectivity index (χ3n) is 6.22. The Morgan fingerprint density at radius 1 is 0.606 bits per heavy atom. The topological polar surface area (TPSA) is 98.7 Å². The minimum atomic E-state index is -0.0359. The van der Waals surface area contributed by atoms with Crippen LogP contribution in [0.25, 0.3) is 0 Å². The fourth-order valence-corrected chi connectivity index (χ4v) is 4.29. The van der Waals surface area contributed by atoms with Crippen molar-refractivity contribution in [3.05, 3.63) is 24.3 Å². The summed E-state index contributed by atoms with van der Waals surface area (Å²) in [5.74, 6) is -0.0719. The first-order valence-corrected chi connectivity index (χ1v) is 13.3. The molecule has 1 aliphatic carbocycles. The number of unbranched alkanes of at least 4 members (excludes halogenated alkanes) is 12. The normalized spacial score (nSPS) is 18.4. The summed E-state index contributed by atoms with van der Waals surface area (Å²) in [4.78, 5) is 24.2. The molecule has 1 fully saturated rings. The van der Waals surface area contributed by atoms with E-state index in [1.807, 2.05) is 12.2 Å². The lowest BCUT2D eigenvalue weighted by molar-refractivity contribution is -0.117. The molecule has 0 unspecified atom stereocenters. The van der Waals surface area contributed by atoms with Crippen LogP contribution in [0.3, 0.4) is 0 Å². The van der Waals surface area contributed by atoms with Gasteiger partial charge in [-0.2, -0.15) is 0 Å². The summed E-state index contributed by atoms with van der Waals surface area (Å²) in [7, 11) is 0. The Morgan fingerprint density at radius 2 is 0.970 bits per heavy atom. The number of carbonyl (C=O) groups excluding carboxylic acids is 2. The van der Waals surface area contributed by atoms with Crippen molar-refractivity contribution in [1.29, 1.82) is 0 Å². The van der Waals surface area contributed by atoms with Gasteiger partial charge in [0.15, 0.2) is 0 Å². The summed E-state index contributed by atoms with van der Waals surface area (Å²) >= 11 is 0. The van der Waals surface area contributed by atoms with Gasteiger partial charge in [-0.1, -0.05) is 63.5 Å². The number of rotatable bonds is 20. The van der Waals surface area contributed by atoms with Crippen LogP contribution in [0, 0.1) is 0 Å². The molecule has 1 saturated carbocycles. The van der Waals surface area contributed by atoms with E-state index < -0.39 is 0 Å². The molecule has 0 aromatic rings. The second kappa shape index (κ2) is 20.9. The van der Waals surface area contributed by atoms with Crippen molar-refractivity contribution in [3.8, 4) is 0 Å². The third kappa shape index (κ3) is 17.5. The van der Waals surface area contributed by atoms with E-state index in [0.717, 1.165) is 70.6 Å². The maximum absolute atomic E-state index is 12.1. The van der Waals surface area contributed by atoms with Gasteiger partial charge < -0.3 is 20.8 Å². The number of nitrogens with one attached hydrogen (secondary N) is 2. The SMILES string of the molecule is O=C(/C=C/CCCCCCCCO)N[C@@H]1CC[C@H](NC(=O)/C=C/CCCCCCCCO)C1. The van der Waals surface area contributed by atoms with Gasteiger partial charge >= 0.3 is 0 Å². The number of aliphatic hydroxyl groups excluding tert-OH is 2. The van der Waals surface area contributed by atoms with Crippen LogP contribution in [0.1, 0.15) is 109 Å². The van der Waals surface area contributed by atoms with Crippen molar-refractivity contribution >= 4 is 11.8 Å². The fourth-order valence-electron chi connectivity index (χ4n) is 4.29. The lowest BCUT2D eigenvalue weighted by atomic mass is 10.1. The molecule has 2 amide bonds. The third-order valence-corrected chi connectivity index (χ3v) is 6.22. The maximum Gasteiger partial charge on any atom is 0.243 e. The quantitative estimate of drug-likeness (QED) is 0.155.